The van der Waals surface area contributed by atoms with Crippen LogP contribution in [0.2, 0.25) is 0 Å². The van der Waals surface area contributed by atoms with Crippen molar-refractivity contribution in [1.82, 2.24) is 4.98 Å². The van der Waals surface area contributed by atoms with Crippen LogP contribution < -0.4 is 9.64 Å². The van der Waals surface area contributed by atoms with Crippen molar-refractivity contribution in [3.8, 4) is 5.75 Å². The summed E-state index contributed by atoms with van der Waals surface area (Å²) >= 11 is 0. The zero-order chi connectivity index (χ0) is 20.6. The summed E-state index contributed by atoms with van der Waals surface area (Å²) in [4.78, 5) is 32.5. The normalized spacial score (nSPS) is 21.2. The molecular weight excluding hydrogens is 364 g/mol. The van der Waals surface area contributed by atoms with Crippen molar-refractivity contribution in [2.45, 2.75) is 46.0 Å². The summed E-state index contributed by atoms with van der Waals surface area (Å²) in [7, 11) is 0. The number of hydrogen-bond acceptors (Lipinski definition) is 4. The molecule has 1 aliphatic heterocycles. The maximum Gasteiger partial charge on any atom is 0.232 e. The fraction of sp³-hybridized carbons (Fsp3) is 0.375. The minimum absolute atomic E-state index is 0.0109. The quantitative estimate of drug-likeness (QED) is 0.763. The number of benzene rings is 1. The minimum atomic E-state index is -0.223. The first-order chi connectivity index (χ1) is 13.9. The van der Waals surface area contributed by atoms with Gasteiger partial charge < -0.3 is 4.74 Å². The predicted octanol–water partition coefficient (Wildman–Crippen LogP) is 4.64. The van der Waals surface area contributed by atoms with Gasteiger partial charge in [0.15, 0.2) is 5.78 Å². The molecule has 5 heteroatoms. The standard InChI is InChI=1S/C24H26N2O3/c1-4-29-21-8-6-5-7-18(21)26-19-14-24(2,3)15-20(27)23(19)17(13-22(26)28)16-9-11-25-12-10-16/h5-12,17H,4,13-15H2,1-3H3. The zero-order valence-electron chi connectivity index (χ0n) is 17.1. The van der Waals surface area contributed by atoms with Crippen LogP contribution in [-0.4, -0.2) is 23.3 Å². The van der Waals surface area contributed by atoms with Gasteiger partial charge in [0.1, 0.15) is 5.75 Å². The Morgan fingerprint density at radius 2 is 1.83 bits per heavy atom. The van der Waals surface area contributed by atoms with Gasteiger partial charge in [-0.05, 0) is 48.6 Å². The molecular formula is C24H26N2O3. The van der Waals surface area contributed by atoms with E-state index in [4.69, 9.17) is 4.74 Å². The van der Waals surface area contributed by atoms with Crippen LogP contribution in [0.25, 0.3) is 0 Å². The lowest BCUT2D eigenvalue weighted by Crippen LogP contribution is -2.43. The minimum Gasteiger partial charge on any atom is -0.492 e. The van der Waals surface area contributed by atoms with E-state index >= 15 is 0 Å². The second-order valence-electron chi connectivity index (χ2n) is 8.47. The highest BCUT2D eigenvalue weighted by molar-refractivity contribution is 6.08. The summed E-state index contributed by atoms with van der Waals surface area (Å²) in [5, 5.41) is 0. The lowest BCUT2D eigenvalue weighted by Gasteiger charge is -2.43. The first-order valence-corrected chi connectivity index (χ1v) is 10.1. The Labute approximate surface area is 171 Å². The van der Waals surface area contributed by atoms with Gasteiger partial charge in [-0.2, -0.15) is 0 Å². The largest absolute Gasteiger partial charge is 0.492 e. The highest BCUT2D eigenvalue weighted by atomic mass is 16.5. The Bertz CT molecular complexity index is 979. The number of hydrogen-bond donors (Lipinski definition) is 0. The van der Waals surface area contributed by atoms with E-state index in [1.165, 1.54) is 0 Å². The molecule has 0 spiro atoms. The average Bonchev–Trinajstić information content (AvgIpc) is 2.68. The van der Waals surface area contributed by atoms with E-state index < -0.39 is 0 Å². The molecule has 0 saturated carbocycles. The van der Waals surface area contributed by atoms with Crippen LogP contribution in [0.1, 0.15) is 51.5 Å². The molecule has 1 atom stereocenters. The van der Waals surface area contributed by atoms with E-state index in [1.807, 2.05) is 43.3 Å². The Morgan fingerprint density at radius 3 is 2.55 bits per heavy atom. The van der Waals surface area contributed by atoms with Gasteiger partial charge in [-0.25, -0.2) is 0 Å². The van der Waals surface area contributed by atoms with Gasteiger partial charge in [-0.15, -0.1) is 0 Å². The number of carbonyl (C=O) groups is 2. The maximum atomic E-state index is 13.4. The molecule has 0 saturated heterocycles. The first kappa shape index (κ1) is 19.4. The lowest BCUT2D eigenvalue weighted by molar-refractivity contribution is -0.121. The van der Waals surface area contributed by atoms with Crippen LogP contribution in [0.15, 0.2) is 60.1 Å². The van der Waals surface area contributed by atoms with Crippen LogP contribution in [0, 0.1) is 5.41 Å². The third-order valence-corrected chi connectivity index (χ3v) is 5.66. The second kappa shape index (κ2) is 7.47. The van der Waals surface area contributed by atoms with Crippen LogP contribution in [0.4, 0.5) is 5.69 Å². The number of pyridine rings is 1. The molecule has 1 aromatic heterocycles. The van der Waals surface area contributed by atoms with Gasteiger partial charge in [-0.3, -0.25) is 19.5 Å². The molecule has 1 unspecified atom stereocenters. The number of rotatable bonds is 4. The van der Waals surface area contributed by atoms with Crippen LogP contribution in [0.3, 0.4) is 0 Å². The van der Waals surface area contributed by atoms with Crippen molar-refractivity contribution < 1.29 is 14.3 Å². The number of amides is 1. The summed E-state index contributed by atoms with van der Waals surface area (Å²) in [5.41, 5.74) is 3.06. The van der Waals surface area contributed by atoms with Gasteiger partial charge >= 0.3 is 0 Å². The number of ketones is 1. The Kier molecular flexibility index (Phi) is 4.99. The lowest BCUT2D eigenvalue weighted by atomic mass is 9.69. The van der Waals surface area contributed by atoms with Crippen LogP contribution in [-0.2, 0) is 9.59 Å². The molecule has 0 fully saturated rings. The topological polar surface area (TPSA) is 59.5 Å². The number of anilines is 1. The summed E-state index contributed by atoms with van der Waals surface area (Å²) < 4.78 is 5.80. The van der Waals surface area contributed by atoms with E-state index in [0.717, 1.165) is 16.8 Å². The van der Waals surface area contributed by atoms with Crippen molar-refractivity contribution in [3.63, 3.8) is 0 Å². The van der Waals surface area contributed by atoms with Gasteiger partial charge in [-0.1, -0.05) is 26.0 Å². The number of para-hydroxylation sites is 2. The molecule has 29 heavy (non-hydrogen) atoms. The van der Waals surface area contributed by atoms with E-state index in [9.17, 15) is 9.59 Å². The van der Waals surface area contributed by atoms with Crippen molar-refractivity contribution in [2.24, 2.45) is 5.41 Å². The second-order valence-corrected chi connectivity index (χ2v) is 8.47. The molecule has 1 amide bonds. The smallest absolute Gasteiger partial charge is 0.232 e. The molecule has 5 nitrogen and oxygen atoms in total. The highest BCUT2D eigenvalue weighted by Crippen LogP contribution is 2.49. The molecule has 4 rings (SSSR count). The van der Waals surface area contributed by atoms with E-state index in [0.29, 0.717) is 30.9 Å². The van der Waals surface area contributed by atoms with Gasteiger partial charge in [0.25, 0.3) is 0 Å². The first-order valence-electron chi connectivity index (χ1n) is 10.1. The van der Waals surface area contributed by atoms with Crippen molar-refractivity contribution in [3.05, 3.63) is 65.6 Å². The van der Waals surface area contributed by atoms with Gasteiger partial charge in [0.2, 0.25) is 5.91 Å². The van der Waals surface area contributed by atoms with Crippen LogP contribution >= 0.6 is 0 Å². The van der Waals surface area contributed by atoms with Crippen LogP contribution in [0.5, 0.6) is 5.75 Å². The van der Waals surface area contributed by atoms with Gasteiger partial charge in [0, 0.05) is 42.4 Å². The molecule has 2 heterocycles. The summed E-state index contributed by atoms with van der Waals surface area (Å²) in [6, 6.07) is 11.4. The number of allylic oxidation sites excluding steroid dienone is 2. The molecule has 150 valence electrons. The van der Waals surface area contributed by atoms with Crippen molar-refractivity contribution in [1.29, 1.82) is 0 Å². The molecule has 1 aliphatic carbocycles. The SMILES string of the molecule is CCOc1ccccc1N1C(=O)CC(c2ccncc2)C2=C1CC(C)(C)CC2=O. The average molecular weight is 390 g/mol. The third-order valence-electron chi connectivity index (χ3n) is 5.66. The monoisotopic (exact) mass is 390 g/mol. The Balaban J connectivity index is 1.91. The van der Waals surface area contributed by atoms with E-state index in [1.54, 1.807) is 17.3 Å². The molecule has 2 aliphatic rings. The number of carbonyl (C=O) groups excluding carboxylic acids is 2. The molecule has 0 radical (unpaired) electrons. The fourth-order valence-corrected chi connectivity index (χ4v) is 4.49. The zero-order valence-corrected chi connectivity index (χ0v) is 17.1. The fourth-order valence-electron chi connectivity index (χ4n) is 4.49. The molecule has 0 bridgehead atoms. The molecule has 0 N–H and O–H groups in total. The number of Topliss-reactive ketones (excluding diaryl/α,β-unsaturated/α-hetero) is 1. The summed E-state index contributed by atoms with van der Waals surface area (Å²) in [5.74, 6) is 0.556. The Morgan fingerprint density at radius 1 is 1.10 bits per heavy atom. The Hall–Kier alpha value is -2.95. The molecule has 2 aromatic rings. The summed E-state index contributed by atoms with van der Waals surface area (Å²) in [6.45, 7) is 6.60. The number of aromatic nitrogens is 1. The number of ether oxygens (including phenoxy) is 1. The third kappa shape index (κ3) is 3.57. The molecule has 1 aromatic carbocycles. The van der Waals surface area contributed by atoms with Crippen molar-refractivity contribution in [2.75, 3.05) is 11.5 Å². The maximum absolute atomic E-state index is 13.4. The van der Waals surface area contributed by atoms with Crippen molar-refractivity contribution >= 4 is 17.4 Å². The summed E-state index contributed by atoms with van der Waals surface area (Å²) in [6.07, 6.45) is 4.85. The van der Waals surface area contributed by atoms with Gasteiger partial charge in [0.05, 0.1) is 12.3 Å². The van der Waals surface area contributed by atoms with E-state index in [2.05, 4.69) is 18.8 Å². The highest BCUT2D eigenvalue weighted by Gasteiger charge is 2.44. The van der Waals surface area contributed by atoms with E-state index in [-0.39, 0.29) is 29.4 Å². The predicted molar refractivity (Wildman–Crippen MR) is 112 cm³/mol. The number of nitrogens with zero attached hydrogens (tertiary/aromatic N) is 2.